The Morgan fingerprint density at radius 1 is 1.06 bits per heavy atom. The smallest absolute Gasteiger partial charge is 0.350 e. The molecule has 1 aliphatic rings. The number of nitrogens with one attached hydrogen (secondary N) is 1. The van der Waals surface area contributed by atoms with Crippen LogP contribution in [-0.2, 0) is 22.3 Å². The number of para-hydroxylation sites is 1. The highest BCUT2D eigenvalue weighted by atomic mass is 32.2. The summed E-state index contributed by atoms with van der Waals surface area (Å²) in [6.45, 7) is 0.0837. The van der Waals surface area contributed by atoms with Gasteiger partial charge in [-0.1, -0.05) is 42.1 Å². The molecule has 2 amide bonds. The van der Waals surface area contributed by atoms with Crippen LogP contribution in [0.1, 0.15) is 16.7 Å². The second-order valence-corrected chi connectivity index (χ2v) is 8.31. The zero-order valence-electron chi connectivity index (χ0n) is 17.2. The van der Waals surface area contributed by atoms with Gasteiger partial charge >= 0.3 is 6.18 Å². The minimum atomic E-state index is -4.43. The number of aromatic nitrogens is 1. The Labute approximate surface area is 192 Å². The van der Waals surface area contributed by atoms with E-state index >= 15 is 0 Å². The van der Waals surface area contributed by atoms with Gasteiger partial charge in [0.25, 0.3) is 5.91 Å². The van der Waals surface area contributed by atoms with Gasteiger partial charge in [0.2, 0.25) is 5.91 Å². The van der Waals surface area contributed by atoms with E-state index in [9.17, 15) is 22.8 Å². The minimum Gasteiger partial charge on any atom is -0.350 e. The van der Waals surface area contributed by atoms with Gasteiger partial charge in [-0.25, -0.2) is 0 Å². The number of nitrogens with zero attached hydrogens (tertiary/aromatic N) is 2. The van der Waals surface area contributed by atoms with Gasteiger partial charge in [-0.3, -0.25) is 19.5 Å². The van der Waals surface area contributed by atoms with Crippen LogP contribution in [0.15, 0.2) is 82.9 Å². The molecule has 0 radical (unpaired) electrons. The first-order chi connectivity index (χ1) is 15.8. The van der Waals surface area contributed by atoms with Crippen molar-refractivity contribution in [3.05, 3.63) is 94.7 Å². The van der Waals surface area contributed by atoms with Gasteiger partial charge in [0.05, 0.1) is 16.2 Å². The third kappa shape index (κ3) is 5.43. The molecule has 1 aromatic heterocycles. The van der Waals surface area contributed by atoms with Crippen molar-refractivity contribution in [1.82, 2.24) is 10.3 Å². The molecule has 0 spiro atoms. The van der Waals surface area contributed by atoms with E-state index in [1.54, 1.807) is 30.6 Å². The zero-order chi connectivity index (χ0) is 23.4. The van der Waals surface area contributed by atoms with Gasteiger partial charge in [0, 0.05) is 23.8 Å². The van der Waals surface area contributed by atoms with Crippen LogP contribution in [0.4, 0.5) is 18.9 Å². The fraction of sp³-hybridized carbons (Fsp3) is 0.125. The molecule has 0 saturated carbocycles. The van der Waals surface area contributed by atoms with Crippen molar-refractivity contribution in [2.75, 3.05) is 11.4 Å². The summed E-state index contributed by atoms with van der Waals surface area (Å²) in [5.74, 6) is -0.738. The van der Waals surface area contributed by atoms with Crippen LogP contribution in [0.5, 0.6) is 0 Å². The lowest BCUT2D eigenvalue weighted by molar-refractivity contribution is -0.137. The molecule has 33 heavy (non-hydrogen) atoms. The summed E-state index contributed by atoms with van der Waals surface area (Å²) in [4.78, 5) is 32.2. The average Bonchev–Trinajstić information content (AvgIpc) is 2.81. The molecule has 0 aliphatic carbocycles. The molecule has 5 nitrogen and oxygen atoms in total. The molecule has 1 aliphatic heterocycles. The van der Waals surface area contributed by atoms with Gasteiger partial charge < -0.3 is 5.32 Å². The molecule has 0 fully saturated rings. The number of thioether (sulfide) groups is 1. The van der Waals surface area contributed by atoms with Gasteiger partial charge in [0.15, 0.2) is 0 Å². The lowest BCUT2D eigenvalue weighted by Gasteiger charge is -2.29. The Kier molecular flexibility index (Phi) is 6.50. The van der Waals surface area contributed by atoms with Crippen LogP contribution in [0.25, 0.3) is 6.08 Å². The normalized spacial score (nSPS) is 14.8. The number of hydrogen-bond donors (Lipinski definition) is 1. The number of fused-ring (bicyclic) bond motifs is 1. The summed E-state index contributed by atoms with van der Waals surface area (Å²) >= 11 is 1.22. The number of carbonyl (C=O) groups is 2. The monoisotopic (exact) mass is 469 g/mol. The molecule has 168 valence electrons. The van der Waals surface area contributed by atoms with Crippen molar-refractivity contribution >= 4 is 35.3 Å². The van der Waals surface area contributed by atoms with E-state index in [1.807, 2.05) is 18.2 Å². The maximum atomic E-state index is 13.2. The van der Waals surface area contributed by atoms with E-state index in [4.69, 9.17) is 0 Å². The first-order valence-corrected chi connectivity index (χ1v) is 10.8. The van der Waals surface area contributed by atoms with Gasteiger partial charge in [-0.2, -0.15) is 13.2 Å². The number of pyridine rings is 1. The molecular weight excluding hydrogens is 451 g/mol. The molecule has 0 bridgehead atoms. The molecular formula is C24H18F3N3O2S. The molecule has 2 heterocycles. The van der Waals surface area contributed by atoms with Crippen LogP contribution in [0, 0.1) is 0 Å². The predicted octanol–water partition coefficient (Wildman–Crippen LogP) is 4.90. The molecule has 1 N–H and O–H groups in total. The Balaban J connectivity index is 1.55. The number of alkyl halides is 3. The van der Waals surface area contributed by atoms with Crippen molar-refractivity contribution < 1.29 is 22.8 Å². The first kappa shape index (κ1) is 22.6. The van der Waals surface area contributed by atoms with E-state index in [0.717, 1.165) is 22.6 Å². The fourth-order valence-electron chi connectivity index (χ4n) is 3.24. The highest BCUT2D eigenvalue weighted by molar-refractivity contribution is 8.04. The number of rotatable bonds is 5. The largest absolute Gasteiger partial charge is 0.416 e. The topological polar surface area (TPSA) is 62.3 Å². The van der Waals surface area contributed by atoms with E-state index in [0.29, 0.717) is 16.2 Å². The summed E-state index contributed by atoms with van der Waals surface area (Å²) in [7, 11) is 0. The van der Waals surface area contributed by atoms with Gasteiger partial charge in [-0.05, 0) is 47.5 Å². The standard InChI is InChI=1S/C24H18F3N3O2S/c25-24(26,27)18-9-7-16(8-10-18)12-21-23(32)30(19-5-1-2-6-20(19)33-21)15-22(31)29-14-17-4-3-11-28-13-17/h1-13H,14-15H2,(H,29,31)/b21-12+. The van der Waals surface area contributed by atoms with Crippen LogP contribution in [0.2, 0.25) is 0 Å². The minimum absolute atomic E-state index is 0.193. The number of amides is 2. The quantitative estimate of drug-likeness (QED) is 0.540. The Bertz CT molecular complexity index is 1200. The second-order valence-electron chi connectivity index (χ2n) is 7.23. The van der Waals surface area contributed by atoms with E-state index < -0.39 is 17.6 Å². The number of anilines is 1. The molecule has 3 aromatic rings. The number of benzene rings is 2. The first-order valence-electron chi connectivity index (χ1n) is 9.94. The Morgan fingerprint density at radius 2 is 1.82 bits per heavy atom. The molecule has 2 aromatic carbocycles. The van der Waals surface area contributed by atoms with Crippen LogP contribution >= 0.6 is 11.8 Å². The lowest BCUT2D eigenvalue weighted by Crippen LogP contribution is -2.42. The molecule has 0 saturated heterocycles. The third-order valence-corrected chi connectivity index (χ3v) is 5.96. The van der Waals surface area contributed by atoms with E-state index in [-0.39, 0.29) is 19.0 Å². The summed E-state index contributed by atoms with van der Waals surface area (Å²) in [6.07, 6.45) is 0.379. The zero-order valence-corrected chi connectivity index (χ0v) is 18.0. The summed E-state index contributed by atoms with van der Waals surface area (Å²) in [6, 6.07) is 15.3. The van der Waals surface area contributed by atoms with Crippen molar-refractivity contribution in [2.45, 2.75) is 17.6 Å². The van der Waals surface area contributed by atoms with Crippen molar-refractivity contribution in [1.29, 1.82) is 0 Å². The number of carbonyl (C=O) groups excluding carboxylic acids is 2. The number of halogens is 3. The molecule has 0 atom stereocenters. The summed E-state index contributed by atoms with van der Waals surface area (Å²) < 4.78 is 38.5. The molecule has 0 unspecified atom stereocenters. The van der Waals surface area contributed by atoms with Crippen molar-refractivity contribution in [3.8, 4) is 0 Å². The Hall–Kier alpha value is -3.59. The van der Waals surface area contributed by atoms with E-state index in [1.165, 1.54) is 34.9 Å². The predicted molar refractivity (Wildman–Crippen MR) is 120 cm³/mol. The van der Waals surface area contributed by atoms with Crippen molar-refractivity contribution in [2.24, 2.45) is 0 Å². The summed E-state index contributed by atoms with van der Waals surface area (Å²) in [5, 5.41) is 2.78. The Morgan fingerprint density at radius 3 is 2.52 bits per heavy atom. The van der Waals surface area contributed by atoms with Crippen LogP contribution in [0.3, 0.4) is 0 Å². The van der Waals surface area contributed by atoms with Gasteiger partial charge in [0.1, 0.15) is 6.54 Å². The SMILES string of the molecule is O=C(CN1C(=O)/C(=C\c2ccc(C(F)(F)F)cc2)Sc2ccccc21)NCc1cccnc1. The number of hydrogen-bond acceptors (Lipinski definition) is 4. The van der Waals surface area contributed by atoms with Crippen LogP contribution in [-0.4, -0.2) is 23.3 Å². The van der Waals surface area contributed by atoms with Crippen LogP contribution < -0.4 is 10.2 Å². The molecule has 4 rings (SSSR count). The lowest BCUT2D eigenvalue weighted by atomic mass is 10.1. The maximum absolute atomic E-state index is 13.2. The average molecular weight is 469 g/mol. The van der Waals surface area contributed by atoms with Crippen molar-refractivity contribution in [3.63, 3.8) is 0 Å². The third-order valence-electron chi connectivity index (χ3n) is 4.88. The van der Waals surface area contributed by atoms with E-state index in [2.05, 4.69) is 10.3 Å². The highest BCUT2D eigenvalue weighted by Crippen LogP contribution is 2.42. The van der Waals surface area contributed by atoms with Gasteiger partial charge in [-0.15, -0.1) is 0 Å². The fourth-order valence-corrected chi connectivity index (χ4v) is 4.30. The maximum Gasteiger partial charge on any atom is 0.416 e. The highest BCUT2D eigenvalue weighted by Gasteiger charge is 2.31. The molecule has 9 heteroatoms. The second kappa shape index (κ2) is 9.50. The summed E-state index contributed by atoms with van der Waals surface area (Å²) in [5.41, 5.74) is 1.13.